The standard InChI is InChI=1S/C20H20N2O2/c1-20(2,3)16-7-4-14(5-8-16)13-24-19(23)15-6-9-17-18(12-15)22-11-10-21-17/h4-12H,13H2,1-3H3. The number of rotatable bonds is 3. The number of esters is 1. The largest absolute Gasteiger partial charge is 0.457 e. The summed E-state index contributed by atoms with van der Waals surface area (Å²) >= 11 is 0. The van der Waals surface area contributed by atoms with Crippen molar-refractivity contribution in [2.45, 2.75) is 32.8 Å². The van der Waals surface area contributed by atoms with E-state index < -0.39 is 0 Å². The lowest BCUT2D eigenvalue weighted by Gasteiger charge is -2.19. The van der Waals surface area contributed by atoms with E-state index >= 15 is 0 Å². The van der Waals surface area contributed by atoms with Crippen molar-refractivity contribution in [3.8, 4) is 0 Å². The highest BCUT2D eigenvalue weighted by atomic mass is 16.5. The minimum atomic E-state index is -0.359. The molecule has 4 nitrogen and oxygen atoms in total. The Morgan fingerprint density at radius 2 is 1.62 bits per heavy atom. The van der Waals surface area contributed by atoms with Crippen LogP contribution in [-0.4, -0.2) is 15.9 Å². The highest BCUT2D eigenvalue weighted by Crippen LogP contribution is 2.22. The first-order chi connectivity index (χ1) is 11.4. The number of ether oxygens (including phenoxy) is 1. The molecular formula is C20H20N2O2. The Balaban J connectivity index is 1.68. The smallest absolute Gasteiger partial charge is 0.338 e. The number of aromatic nitrogens is 2. The zero-order valence-corrected chi connectivity index (χ0v) is 14.1. The molecule has 0 fully saturated rings. The van der Waals surface area contributed by atoms with Gasteiger partial charge in [0.25, 0.3) is 0 Å². The Morgan fingerprint density at radius 3 is 2.29 bits per heavy atom. The Morgan fingerprint density at radius 1 is 0.958 bits per heavy atom. The van der Waals surface area contributed by atoms with Gasteiger partial charge in [-0.1, -0.05) is 45.0 Å². The Labute approximate surface area is 141 Å². The molecule has 0 unspecified atom stereocenters. The Kier molecular flexibility index (Phi) is 4.30. The molecule has 24 heavy (non-hydrogen) atoms. The number of benzene rings is 2. The second kappa shape index (κ2) is 6.40. The van der Waals surface area contributed by atoms with Crippen LogP contribution in [0.5, 0.6) is 0 Å². The number of hydrogen-bond donors (Lipinski definition) is 0. The predicted octanol–water partition coefficient (Wildman–Crippen LogP) is 4.28. The van der Waals surface area contributed by atoms with E-state index in [-0.39, 0.29) is 18.0 Å². The fraction of sp³-hybridized carbons (Fsp3) is 0.250. The van der Waals surface area contributed by atoms with E-state index in [1.165, 1.54) is 5.56 Å². The van der Waals surface area contributed by atoms with Crippen molar-refractivity contribution >= 4 is 17.0 Å². The van der Waals surface area contributed by atoms with Crippen molar-refractivity contribution in [3.05, 3.63) is 71.5 Å². The molecule has 2 aromatic carbocycles. The lowest BCUT2D eigenvalue weighted by atomic mass is 9.87. The fourth-order valence-corrected chi connectivity index (χ4v) is 2.42. The molecule has 0 saturated heterocycles. The van der Waals surface area contributed by atoms with Crippen LogP contribution in [0.15, 0.2) is 54.9 Å². The lowest BCUT2D eigenvalue weighted by molar-refractivity contribution is 0.0473. The molecule has 0 aliphatic carbocycles. The zero-order chi connectivity index (χ0) is 17.2. The fourth-order valence-electron chi connectivity index (χ4n) is 2.42. The van der Waals surface area contributed by atoms with Gasteiger partial charge in [-0.2, -0.15) is 0 Å². The van der Waals surface area contributed by atoms with E-state index in [1.54, 1.807) is 30.6 Å². The van der Waals surface area contributed by atoms with Gasteiger partial charge in [-0.15, -0.1) is 0 Å². The molecule has 0 aliphatic heterocycles. The van der Waals surface area contributed by atoms with Crippen molar-refractivity contribution < 1.29 is 9.53 Å². The monoisotopic (exact) mass is 320 g/mol. The van der Waals surface area contributed by atoms with E-state index in [1.807, 2.05) is 12.1 Å². The van der Waals surface area contributed by atoms with Gasteiger partial charge < -0.3 is 4.74 Å². The van der Waals surface area contributed by atoms with Crippen LogP contribution in [0.25, 0.3) is 11.0 Å². The average molecular weight is 320 g/mol. The van der Waals surface area contributed by atoms with Crippen LogP contribution in [-0.2, 0) is 16.8 Å². The molecule has 1 heterocycles. The summed E-state index contributed by atoms with van der Waals surface area (Å²) in [5.74, 6) is -0.359. The van der Waals surface area contributed by atoms with Gasteiger partial charge in [0.2, 0.25) is 0 Å². The van der Waals surface area contributed by atoms with Crippen LogP contribution in [0.3, 0.4) is 0 Å². The summed E-state index contributed by atoms with van der Waals surface area (Å²) in [4.78, 5) is 20.6. The molecule has 0 radical (unpaired) electrons. The number of carbonyl (C=O) groups excluding carboxylic acids is 1. The van der Waals surface area contributed by atoms with Gasteiger partial charge in [-0.3, -0.25) is 9.97 Å². The predicted molar refractivity (Wildman–Crippen MR) is 93.8 cm³/mol. The summed E-state index contributed by atoms with van der Waals surface area (Å²) in [5.41, 5.74) is 4.26. The second-order valence-corrected chi connectivity index (χ2v) is 6.78. The number of hydrogen-bond acceptors (Lipinski definition) is 4. The zero-order valence-electron chi connectivity index (χ0n) is 14.1. The molecule has 0 atom stereocenters. The first kappa shape index (κ1) is 16.1. The van der Waals surface area contributed by atoms with Gasteiger partial charge in [-0.05, 0) is 34.7 Å². The van der Waals surface area contributed by atoms with Gasteiger partial charge in [0.1, 0.15) is 6.61 Å². The summed E-state index contributed by atoms with van der Waals surface area (Å²) in [7, 11) is 0. The van der Waals surface area contributed by atoms with Crippen LogP contribution in [0.1, 0.15) is 42.3 Å². The molecular weight excluding hydrogens is 300 g/mol. The molecule has 0 saturated carbocycles. The summed E-state index contributed by atoms with van der Waals surface area (Å²) in [6.07, 6.45) is 3.23. The van der Waals surface area contributed by atoms with Crippen molar-refractivity contribution in [1.29, 1.82) is 0 Å². The van der Waals surface area contributed by atoms with Gasteiger partial charge >= 0.3 is 5.97 Å². The molecule has 4 heteroatoms. The lowest BCUT2D eigenvalue weighted by Crippen LogP contribution is -2.11. The van der Waals surface area contributed by atoms with Crippen LogP contribution in [0.2, 0.25) is 0 Å². The molecule has 0 spiro atoms. The maximum absolute atomic E-state index is 12.2. The van der Waals surface area contributed by atoms with Crippen LogP contribution in [0, 0.1) is 0 Å². The number of carbonyl (C=O) groups is 1. The summed E-state index contributed by atoms with van der Waals surface area (Å²) in [5, 5.41) is 0. The van der Waals surface area contributed by atoms with Crippen molar-refractivity contribution in [2.24, 2.45) is 0 Å². The average Bonchev–Trinajstić information content (AvgIpc) is 2.59. The number of nitrogens with zero attached hydrogens (tertiary/aromatic N) is 2. The van der Waals surface area contributed by atoms with Crippen LogP contribution < -0.4 is 0 Å². The summed E-state index contributed by atoms with van der Waals surface area (Å²) < 4.78 is 5.40. The second-order valence-electron chi connectivity index (χ2n) is 6.78. The van der Waals surface area contributed by atoms with E-state index in [9.17, 15) is 4.79 Å². The molecule has 0 aliphatic rings. The van der Waals surface area contributed by atoms with E-state index in [0.29, 0.717) is 11.1 Å². The van der Waals surface area contributed by atoms with Crippen LogP contribution in [0.4, 0.5) is 0 Å². The Hall–Kier alpha value is -2.75. The van der Waals surface area contributed by atoms with E-state index in [0.717, 1.165) is 11.1 Å². The third-order valence-electron chi connectivity index (χ3n) is 3.89. The maximum Gasteiger partial charge on any atom is 0.338 e. The number of fused-ring (bicyclic) bond motifs is 1. The van der Waals surface area contributed by atoms with Crippen molar-refractivity contribution in [1.82, 2.24) is 9.97 Å². The van der Waals surface area contributed by atoms with Gasteiger partial charge in [0.05, 0.1) is 16.6 Å². The summed E-state index contributed by atoms with van der Waals surface area (Å²) in [6, 6.07) is 13.3. The molecule has 0 amide bonds. The minimum absolute atomic E-state index is 0.112. The quantitative estimate of drug-likeness (QED) is 0.676. The highest BCUT2D eigenvalue weighted by Gasteiger charge is 2.13. The van der Waals surface area contributed by atoms with Gasteiger partial charge in [0, 0.05) is 12.4 Å². The van der Waals surface area contributed by atoms with Crippen molar-refractivity contribution in [2.75, 3.05) is 0 Å². The maximum atomic E-state index is 12.2. The van der Waals surface area contributed by atoms with Gasteiger partial charge in [-0.25, -0.2) is 4.79 Å². The van der Waals surface area contributed by atoms with Gasteiger partial charge in [0.15, 0.2) is 0 Å². The molecule has 0 N–H and O–H groups in total. The first-order valence-electron chi connectivity index (χ1n) is 7.91. The Bertz CT molecular complexity index is 865. The molecule has 1 aromatic heterocycles. The molecule has 3 aromatic rings. The molecule has 122 valence electrons. The normalized spacial score (nSPS) is 11.5. The molecule has 0 bridgehead atoms. The third kappa shape index (κ3) is 3.59. The molecule has 3 rings (SSSR count). The van der Waals surface area contributed by atoms with Crippen molar-refractivity contribution in [3.63, 3.8) is 0 Å². The van der Waals surface area contributed by atoms with E-state index in [4.69, 9.17) is 4.74 Å². The topological polar surface area (TPSA) is 52.1 Å². The third-order valence-corrected chi connectivity index (χ3v) is 3.89. The first-order valence-corrected chi connectivity index (χ1v) is 7.91. The van der Waals surface area contributed by atoms with Crippen LogP contribution >= 0.6 is 0 Å². The minimum Gasteiger partial charge on any atom is -0.457 e. The van der Waals surface area contributed by atoms with E-state index in [2.05, 4.69) is 42.9 Å². The summed E-state index contributed by atoms with van der Waals surface area (Å²) in [6.45, 7) is 6.77. The SMILES string of the molecule is CC(C)(C)c1ccc(COC(=O)c2ccc3nccnc3c2)cc1. The highest BCUT2D eigenvalue weighted by molar-refractivity contribution is 5.93.